The topological polar surface area (TPSA) is 79.2 Å². The van der Waals surface area contributed by atoms with Gasteiger partial charge in [0, 0.05) is 32.4 Å². The third-order valence-electron chi connectivity index (χ3n) is 5.65. The number of alkyl halides is 3. The molecule has 0 saturated heterocycles. The summed E-state index contributed by atoms with van der Waals surface area (Å²) in [6.07, 6.45) is -3.66. The first kappa shape index (κ1) is 26.4. The van der Waals surface area contributed by atoms with Crippen LogP contribution in [-0.2, 0) is 11.3 Å². The molecule has 0 saturated carbocycles. The summed E-state index contributed by atoms with van der Waals surface area (Å²) in [5, 5.41) is 8.93. The molecule has 200 valence electrons. The molecular weight excluding hydrogens is 493 g/mol. The van der Waals surface area contributed by atoms with Crippen molar-refractivity contribution in [3.05, 3.63) is 66.0 Å². The molecule has 0 amide bonds. The Morgan fingerprint density at radius 1 is 1.05 bits per heavy atom. The molecule has 9 nitrogen and oxygen atoms in total. The maximum absolute atomic E-state index is 12.7. The summed E-state index contributed by atoms with van der Waals surface area (Å²) in [6, 6.07) is 12.9. The number of ether oxygens (including phenoxy) is 4. The number of hydrogen-bond donors (Lipinski definition) is 1. The van der Waals surface area contributed by atoms with E-state index in [0.717, 1.165) is 17.0 Å². The lowest BCUT2D eigenvalue weighted by Crippen LogP contribution is -2.45. The fourth-order valence-corrected chi connectivity index (χ4v) is 4.00. The van der Waals surface area contributed by atoms with Crippen LogP contribution in [0.5, 0.6) is 17.2 Å². The lowest BCUT2D eigenvalue weighted by Gasteiger charge is -2.36. The van der Waals surface area contributed by atoms with E-state index < -0.39 is 12.7 Å². The highest BCUT2D eigenvalue weighted by atomic mass is 19.4. The minimum absolute atomic E-state index is 0.0400. The Balaban J connectivity index is 1.58. The monoisotopic (exact) mass is 522 g/mol. The number of amidine groups is 1. The Hall–Kier alpha value is -3.64. The number of rotatable bonds is 11. The van der Waals surface area contributed by atoms with Crippen molar-refractivity contribution in [2.24, 2.45) is 4.99 Å². The average Bonchev–Trinajstić information content (AvgIpc) is 3.19. The molecule has 0 radical (unpaired) electrons. The summed E-state index contributed by atoms with van der Waals surface area (Å²) in [7, 11) is 3.50. The van der Waals surface area contributed by atoms with Crippen molar-refractivity contribution >= 4 is 5.84 Å². The van der Waals surface area contributed by atoms with Crippen LogP contribution >= 0.6 is 0 Å². The number of halogens is 3. The lowest BCUT2D eigenvalue weighted by molar-refractivity contribution is -0.274. The summed E-state index contributed by atoms with van der Waals surface area (Å²) in [5.41, 5.74) is 1.77. The lowest BCUT2D eigenvalue weighted by atomic mass is 10.2. The van der Waals surface area contributed by atoms with Gasteiger partial charge in [-0.3, -0.25) is 0 Å². The third-order valence-corrected chi connectivity index (χ3v) is 5.65. The smallest absolute Gasteiger partial charge is 0.497 e. The summed E-state index contributed by atoms with van der Waals surface area (Å²) in [6.45, 7) is 2.25. The van der Waals surface area contributed by atoms with E-state index >= 15 is 0 Å². The molecular formula is C25H29F3N4O5. The molecule has 2 aromatic rings. The van der Waals surface area contributed by atoms with Crippen LogP contribution in [0, 0.1) is 0 Å². The quantitative estimate of drug-likeness (QED) is 0.451. The molecule has 1 atom stereocenters. The molecule has 2 heterocycles. The van der Waals surface area contributed by atoms with Crippen LogP contribution in [-0.4, -0.2) is 85.5 Å². The molecule has 2 aromatic carbocycles. The van der Waals surface area contributed by atoms with Gasteiger partial charge in [0.2, 0.25) is 0 Å². The normalized spacial score (nSPS) is 17.4. The molecule has 1 N–H and O–H groups in total. The van der Waals surface area contributed by atoms with Gasteiger partial charge in [-0.1, -0.05) is 18.2 Å². The van der Waals surface area contributed by atoms with Crippen molar-refractivity contribution in [1.29, 1.82) is 0 Å². The highest BCUT2D eigenvalue weighted by Crippen LogP contribution is 2.32. The zero-order valence-corrected chi connectivity index (χ0v) is 20.5. The van der Waals surface area contributed by atoms with Crippen molar-refractivity contribution in [2.75, 3.05) is 47.2 Å². The maximum atomic E-state index is 12.7. The summed E-state index contributed by atoms with van der Waals surface area (Å²) in [4.78, 5) is 10.7. The number of likely N-dealkylation sites (N-methyl/N-ethyl adjacent to an activating group) is 1. The zero-order chi connectivity index (χ0) is 26.4. The average molecular weight is 523 g/mol. The number of hydrogen-bond acceptors (Lipinski definition) is 9. The second-order valence-electron chi connectivity index (χ2n) is 8.40. The molecule has 2 aliphatic heterocycles. The van der Waals surface area contributed by atoms with Gasteiger partial charge in [0.15, 0.2) is 5.84 Å². The standard InChI is InChI=1S/C25H29F3N4O5/c1-30-17-31(10-12-35-13-11-33)16-22-23(30)29-24(32(22)15-18-6-8-19(34-2)9-7-18)36-20-4-3-5-21(14-20)37-25(26,27)28/h3-9,14,16,24,33H,10-13,15,17H2,1-2H3. The number of aliphatic hydroxyl groups is 1. The Bertz CT molecular complexity index is 1110. The van der Waals surface area contributed by atoms with E-state index in [1.54, 1.807) is 13.2 Å². The molecule has 1 unspecified atom stereocenters. The Labute approximate surface area is 212 Å². The molecule has 0 aliphatic carbocycles. The molecule has 0 bridgehead atoms. The van der Waals surface area contributed by atoms with E-state index in [2.05, 4.69) is 9.64 Å². The number of nitrogens with zero attached hydrogens (tertiary/aromatic N) is 4. The number of aliphatic imine (C=N–C) groups is 1. The van der Waals surface area contributed by atoms with Gasteiger partial charge in [-0.25, -0.2) is 4.99 Å². The van der Waals surface area contributed by atoms with Gasteiger partial charge in [-0.15, -0.1) is 13.2 Å². The highest BCUT2D eigenvalue weighted by molar-refractivity contribution is 5.99. The van der Waals surface area contributed by atoms with E-state index in [1.807, 2.05) is 47.3 Å². The van der Waals surface area contributed by atoms with Crippen molar-refractivity contribution in [1.82, 2.24) is 14.7 Å². The first-order valence-corrected chi connectivity index (χ1v) is 11.6. The highest BCUT2D eigenvalue weighted by Gasteiger charge is 2.37. The van der Waals surface area contributed by atoms with Crippen molar-refractivity contribution in [3.63, 3.8) is 0 Å². The van der Waals surface area contributed by atoms with Gasteiger partial charge in [0.25, 0.3) is 6.35 Å². The predicted octanol–water partition coefficient (Wildman–Crippen LogP) is 3.23. The maximum Gasteiger partial charge on any atom is 0.573 e. The number of methoxy groups -OCH3 is 1. The first-order chi connectivity index (χ1) is 17.8. The van der Waals surface area contributed by atoms with Crippen LogP contribution in [0.4, 0.5) is 13.2 Å². The third kappa shape index (κ3) is 6.98. The van der Waals surface area contributed by atoms with Crippen LogP contribution in [0.25, 0.3) is 0 Å². The van der Waals surface area contributed by atoms with E-state index in [1.165, 1.54) is 18.2 Å². The summed E-state index contributed by atoms with van der Waals surface area (Å²) < 4.78 is 58.9. The summed E-state index contributed by atoms with van der Waals surface area (Å²) in [5.74, 6) is 1.24. The van der Waals surface area contributed by atoms with E-state index in [9.17, 15) is 13.2 Å². The van der Waals surface area contributed by atoms with Gasteiger partial charge < -0.3 is 38.8 Å². The SMILES string of the molecule is COc1ccc(CN2C3=CN(CCOCCO)CN(C)C3=NC2Oc2cccc(OC(F)(F)F)c2)cc1. The molecule has 0 fully saturated rings. The summed E-state index contributed by atoms with van der Waals surface area (Å²) >= 11 is 0. The van der Waals surface area contributed by atoms with Crippen LogP contribution in [0.2, 0.25) is 0 Å². The van der Waals surface area contributed by atoms with Crippen LogP contribution in [0.3, 0.4) is 0 Å². The number of benzene rings is 2. The Morgan fingerprint density at radius 2 is 1.81 bits per heavy atom. The second-order valence-corrected chi connectivity index (χ2v) is 8.40. The predicted molar refractivity (Wildman–Crippen MR) is 129 cm³/mol. The van der Waals surface area contributed by atoms with Gasteiger partial charge in [0.1, 0.15) is 22.9 Å². The number of fused-ring (bicyclic) bond motifs is 1. The van der Waals surface area contributed by atoms with Crippen molar-refractivity contribution in [2.45, 2.75) is 19.3 Å². The Kier molecular flexibility index (Phi) is 8.29. The van der Waals surface area contributed by atoms with Gasteiger partial charge >= 0.3 is 6.36 Å². The number of aliphatic hydroxyl groups excluding tert-OH is 1. The van der Waals surface area contributed by atoms with E-state index in [0.29, 0.717) is 32.2 Å². The van der Waals surface area contributed by atoms with Gasteiger partial charge in [-0.2, -0.15) is 0 Å². The molecule has 0 spiro atoms. The van der Waals surface area contributed by atoms with Gasteiger partial charge in [-0.05, 0) is 29.8 Å². The largest absolute Gasteiger partial charge is 0.573 e. The molecule has 4 rings (SSSR count). The minimum Gasteiger partial charge on any atom is -0.497 e. The van der Waals surface area contributed by atoms with E-state index in [4.69, 9.17) is 24.3 Å². The fraction of sp³-hybridized carbons (Fsp3) is 0.400. The van der Waals surface area contributed by atoms with Crippen molar-refractivity contribution < 1.29 is 37.2 Å². The second kappa shape index (κ2) is 11.6. The van der Waals surface area contributed by atoms with Crippen LogP contribution < -0.4 is 14.2 Å². The molecule has 12 heteroatoms. The first-order valence-electron chi connectivity index (χ1n) is 11.6. The molecule has 37 heavy (non-hydrogen) atoms. The zero-order valence-electron chi connectivity index (χ0n) is 20.5. The van der Waals surface area contributed by atoms with Crippen molar-refractivity contribution in [3.8, 4) is 17.2 Å². The fourth-order valence-electron chi connectivity index (χ4n) is 4.00. The molecule has 0 aromatic heterocycles. The molecule has 2 aliphatic rings. The van der Waals surface area contributed by atoms with E-state index in [-0.39, 0.29) is 24.7 Å². The Morgan fingerprint density at radius 3 is 2.51 bits per heavy atom. The van der Waals surface area contributed by atoms with Gasteiger partial charge in [0.05, 0.1) is 33.6 Å². The van der Waals surface area contributed by atoms with Crippen LogP contribution in [0.1, 0.15) is 5.56 Å². The minimum atomic E-state index is -4.81. The van der Waals surface area contributed by atoms with Crippen LogP contribution in [0.15, 0.2) is 65.4 Å².